The molecule has 23 heavy (non-hydrogen) atoms. The van der Waals surface area contributed by atoms with Crippen LogP contribution >= 0.6 is 0 Å². The minimum absolute atomic E-state index is 0.269. The predicted molar refractivity (Wildman–Crippen MR) is 88.0 cm³/mol. The van der Waals surface area contributed by atoms with Gasteiger partial charge in [-0.2, -0.15) is 0 Å². The molecule has 0 aliphatic carbocycles. The number of aliphatic hydroxyl groups excluding tert-OH is 1. The normalized spacial score (nSPS) is 10.6. The van der Waals surface area contributed by atoms with Gasteiger partial charge in [0, 0.05) is 18.2 Å². The maximum absolute atomic E-state index is 8.94. The van der Waals surface area contributed by atoms with Gasteiger partial charge in [-0.3, -0.25) is 0 Å². The predicted octanol–water partition coefficient (Wildman–Crippen LogP) is 0.537. The van der Waals surface area contributed by atoms with Crippen LogP contribution in [0.3, 0.4) is 0 Å². The molecule has 0 unspecified atom stereocenters. The molecular formula is C19H24IO3+. The highest BCUT2D eigenvalue weighted by atomic mass is 127. The second-order valence-corrected chi connectivity index (χ2v) is 8.09. The van der Waals surface area contributed by atoms with Crippen LogP contribution in [-0.2, 0) is 6.42 Å². The van der Waals surface area contributed by atoms with E-state index in [-0.39, 0.29) is 27.8 Å². The third-order valence-corrected chi connectivity index (χ3v) is 6.69. The number of methoxy groups -OCH3 is 2. The molecule has 2 rings (SSSR count). The van der Waals surface area contributed by atoms with Gasteiger partial charge in [-0.1, -0.05) is 24.6 Å². The van der Waals surface area contributed by atoms with Gasteiger partial charge in [-0.25, -0.2) is 0 Å². The number of unbranched alkanes of at least 4 members (excludes halogenated alkanes) is 2. The molecule has 0 saturated carbocycles. The van der Waals surface area contributed by atoms with Gasteiger partial charge in [0.05, 0.1) is 14.2 Å². The van der Waals surface area contributed by atoms with E-state index in [4.69, 9.17) is 14.6 Å². The Morgan fingerprint density at radius 2 is 1.74 bits per heavy atom. The van der Waals surface area contributed by atoms with Crippen molar-refractivity contribution in [2.45, 2.75) is 25.7 Å². The van der Waals surface area contributed by atoms with Crippen LogP contribution in [0, 0.1) is 7.14 Å². The molecule has 2 aromatic carbocycles. The molecule has 3 nitrogen and oxygen atoms in total. The van der Waals surface area contributed by atoms with Gasteiger partial charge in [0.1, 0.15) is 5.75 Å². The summed E-state index contributed by atoms with van der Waals surface area (Å²) in [6.45, 7) is 0.269. The SMILES string of the molecule is COc1cc(CCCCCO)c([I+]c2ccccc2)c(OC)c1. The summed E-state index contributed by atoms with van der Waals surface area (Å²) < 4.78 is 13.8. The van der Waals surface area contributed by atoms with E-state index < -0.39 is 0 Å². The lowest BCUT2D eigenvalue weighted by Crippen LogP contribution is -3.61. The van der Waals surface area contributed by atoms with E-state index in [0.29, 0.717) is 0 Å². The van der Waals surface area contributed by atoms with Crippen molar-refractivity contribution >= 4 is 0 Å². The standard InChI is InChI=1S/C19H24IO3/c1-22-17-13-15(9-5-4-8-12-21)19(18(14-17)23-2)20-16-10-6-3-7-11-16/h3,6-7,10-11,13-14,21H,4-5,8-9,12H2,1-2H3/q+1. The molecule has 0 saturated heterocycles. The number of aryl methyl sites for hydroxylation is 1. The fourth-order valence-electron chi connectivity index (χ4n) is 2.37. The molecule has 0 fully saturated rings. The highest BCUT2D eigenvalue weighted by Crippen LogP contribution is 2.24. The third kappa shape index (κ3) is 5.39. The molecule has 0 aliphatic rings. The maximum Gasteiger partial charge on any atom is 0.362 e. The van der Waals surface area contributed by atoms with E-state index in [1.54, 1.807) is 14.2 Å². The first-order valence-electron chi connectivity index (χ1n) is 7.84. The van der Waals surface area contributed by atoms with Gasteiger partial charge < -0.3 is 14.6 Å². The average Bonchev–Trinajstić information content (AvgIpc) is 2.60. The molecule has 0 spiro atoms. The van der Waals surface area contributed by atoms with Crippen molar-refractivity contribution in [1.82, 2.24) is 0 Å². The first-order valence-corrected chi connectivity index (χ1v) is 10.00. The number of benzene rings is 2. The van der Waals surface area contributed by atoms with Crippen LogP contribution in [-0.4, -0.2) is 25.9 Å². The summed E-state index contributed by atoms with van der Waals surface area (Å²) in [6.07, 6.45) is 3.97. The molecule has 0 heterocycles. The first kappa shape index (κ1) is 18.1. The molecule has 4 heteroatoms. The van der Waals surface area contributed by atoms with Crippen molar-refractivity contribution in [3.05, 3.63) is 55.2 Å². The van der Waals surface area contributed by atoms with E-state index in [9.17, 15) is 0 Å². The first-order chi connectivity index (χ1) is 11.3. The Bertz CT molecular complexity index is 599. The maximum atomic E-state index is 8.94. The van der Waals surface area contributed by atoms with E-state index >= 15 is 0 Å². The zero-order chi connectivity index (χ0) is 16.5. The number of ether oxygens (including phenoxy) is 2. The molecule has 2 aromatic rings. The summed E-state index contributed by atoms with van der Waals surface area (Å²) in [7, 11) is 3.42. The van der Waals surface area contributed by atoms with Crippen LogP contribution < -0.4 is 30.7 Å². The van der Waals surface area contributed by atoms with Crippen molar-refractivity contribution in [2.24, 2.45) is 0 Å². The minimum Gasteiger partial charge on any atom is -0.497 e. The summed E-state index contributed by atoms with van der Waals surface area (Å²) in [5.41, 5.74) is 1.32. The van der Waals surface area contributed by atoms with Crippen molar-refractivity contribution < 1.29 is 35.8 Å². The van der Waals surface area contributed by atoms with E-state index in [0.717, 1.165) is 37.2 Å². The zero-order valence-corrected chi connectivity index (χ0v) is 15.9. The molecule has 124 valence electrons. The topological polar surface area (TPSA) is 38.7 Å². The van der Waals surface area contributed by atoms with Crippen molar-refractivity contribution in [1.29, 1.82) is 0 Å². The summed E-state index contributed by atoms with van der Waals surface area (Å²) in [5, 5.41) is 8.94. The third-order valence-electron chi connectivity index (χ3n) is 3.58. The molecule has 0 aromatic heterocycles. The summed E-state index contributed by atoms with van der Waals surface area (Å²) in [6, 6.07) is 14.7. The Hall–Kier alpha value is -1.27. The van der Waals surface area contributed by atoms with Gasteiger partial charge in [0.2, 0.25) is 3.57 Å². The van der Waals surface area contributed by atoms with Crippen LogP contribution in [0.15, 0.2) is 42.5 Å². The lowest BCUT2D eigenvalue weighted by molar-refractivity contribution is -0.599. The summed E-state index contributed by atoms with van der Waals surface area (Å²) in [5.74, 6) is 1.78. The zero-order valence-electron chi connectivity index (χ0n) is 13.7. The fraction of sp³-hybridized carbons (Fsp3) is 0.368. The van der Waals surface area contributed by atoms with E-state index in [1.807, 2.05) is 12.1 Å². The van der Waals surface area contributed by atoms with Crippen molar-refractivity contribution in [2.75, 3.05) is 20.8 Å². The lowest BCUT2D eigenvalue weighted by Gasteiger charge is -2.09. The van der Waals surface area contributed by atoms with Gasteiger partial charge in [0.25, 0.3) is 0 Å². The Morgan fingerprint density at radius 1 is 0.957 bits per heavy atom. The van der Waals surface area contributed by atoms with Gasteiger partial charge in [0.15, 0.2) is 9.32 Å². The highest BCUT2D eigenvalue weighted by Gasteiger charge is 2.26. The average molecular weight is 427 g/mol. The van der Waals surface area contributed by atoms with Crippen LogP contribution in [0.2, 0.25) is 0 Å². The monoisotopic (exact) mass is 427 g/mol. The Labute approximate surface area is 148 Å². The Balaban J connectivity index is 2.27. The van der Waals surface area contributed by atoms with Crippen molar-refractivity contribution in [3.63, 3.8) is 0 Å². The molecule has 0 atom stereocenters. The number of hydrogen-bond acceptors (Lipinski definition) is 3. The molecule has 0 aliphatic heterocycles. The Kier molecular flexibility index (Phi) is 7.68. The van der Waals surface area contributed by atoms with Gasteiger partial charge in [-0.05, 0) is 37.5 Å². The fourth-order valence-corrected chi connectivity index (χ4v) is 5.19. The lowest BCUT2D eigenvalue weighted by atomic mass is 10.1. The number of hydrogen-bond donors (Lipinski definition) is 1. The number of halogens is 1. The van der Waals surface area contributed by atoms with Crippen LogP contribution in [0.25, 0.3) is 0 Å². The quantitative estimate of drug-likeness (QED) is 0.469. The highest BCUT2D eigenvalue weighted by molar-refractivity contribution is 5.38. The smallest absolute Gasteiger partial charge is 0.362 e. The van der Waals surface area contributed by atoms with E-state index in [1.165, 1.54) is 12.7 Å². The molecule has 0 amide bonds. The number of rotatable bonds is 9. The second-order valence-electron chi connectivity index (χ2n) is 5.23. The summed E-state index contributed by atoms with van der Waals surface area (Å²) >= 11 is -0.295. The summed E-state index contributed by atoms with van der Waals surface area (Å²) in [4.78, 5) is 0. The van der Waals surface area contributed by atoms with E-state index in [2.05, 4.69) is 30.3 Å². The minimum atomic E-state index is -0.295. The van der Waals surface area contributed by atoms with Crippen LogP contribution in [0.1, 0.15) is 24.8 Å². The molecular weight excluding hydrogens is 403 g/mol. The van der Waals surface area contributed by atoms with Crippen LogP contribution in [0.5, 0.6) is 11.5 Å². The number of aliphatic hydroxyl groups is 1. The largest absolute Gasteiger partial charge is 0.497 e. The van der Waals surface area contributed by atoms with Gasteiger partial charge >= 0.3 is 21.2 Å². The Morgan fingerprint density at radius 3 is 2.39 bits per heavy atom. The van der Waals surface area contributed by atoms with Crippen LogP contribution in [0.4, 0.5) is 0 Å². The second kappa shape index (κ2) is 9.78. The molecule has 0 radical (unpaired) electrons. The van der Waals surface area contributed by atoms with Gasteiger partial charge in [-0.15, -0.1) is 0 Å². The van der Waals surface area contributed by atoms with Crippen molar-refractivity contribution in [3.8, 4) is 11.5 Å². The molecule has 1 N–H and O–H groups in total. The molecule has 0 bridgehead atoms.